The molecule has 0 aromatic heterocycles. The summed E-state index contributed by atoms with van der Waals surface area (Å²) >= 11 is 6.95. The van der Waals surface area contributed by atoms with Crippen molar-refractivity contribution < 1.29 is 0 Å². The Hall–Kier alpha value is 0.0400. The number of thioether (sulfide) groups is 1. The molecule has 0 heterocycles. The van der Waals surface area contributed by atoms with E-state index in [0.29, 0.717) is 6.04 Å². The molecule has 0 aliphatic carbocycles. The molecular weight excluding hydrogens is 200 g/mol. The second-order valence-corrected chi connectivity index (χ2v) is 5.87. The molecule has 4 heteroatoms. The lowest BCUT2D eigenvalue weighted by atomic mass is 10.2. The average Bonchev–Trinajstić information content (AvgIpc) is 2.00. The van der Waals surface area contributed by atoms with Crippen molar-refractivity contribution in [2.24, 2.45) is 0 Å². The second kappa shape index (κ2) is 5.70. The van der Waals surface area contributed by atoms with Crippen LogP contribution in [0.4, 0.5) is 0 Å². The van der Waals surface area contributed by atoms with E-state index in [1.807, 2.05) is 11.8 Å². The van der Waals surface area contributed by atoms with Crippen LogP contribution in [0, 0.1) is 0 Å². The largest absolute Gasteiger partial charge is 0.361 e. The molecule has 0 unspecified atom stereocenters. The summed E-state index contributed by atoms with van der Waals surface area (Å²) in [5, 5.41) is 7.10. The van der Waals surface area contributed by atoms with Crippen molar-refractivity contribution >= 4 is 29.1 Å². The molecule has 0 bridgehead atoms. The first kappa shape index (κ1) is 13.0. The highest BCUT2D eigenvalue weighted by Gasteiger charge is 2.15. The van der Waals surface area contributed by atoms with E-state index < -0.39 is 0 Å². The zero-order chi connectivity index (χ0) is 10.5. The molecule has 13 heavy (non-hydrogen) atoms. The quantitative estimate of drug-likeness (QED) is 0.708. The van der Waals surface area contributed by atoms with E-state index in [9.17, 15) is 0 Å². The number of nitrogens with one attached hydrogen (secondary N) is 2. The van der Waals surface area contributed by atoms with Gasteiger partial charge < -0.3 is 10.6 Å². The van der Waals surface area contributed by atoms with Gasteiger partial charge in [-0.1, -0.05) is 0 Å². The number of hydrogen-bond acceptors (Lipinski definition) is 2. The molecule has 0 radical (unpaired) electrons. The molecule has 0 amide bonds. The van der Waals surface area contributed by atoms with Gasteiger partial charge in [0, 0.05) is 17.3 Å². The van der Waals surface area contributed by atoms with Crippen molar-refractivity contribution in [2.45, 2.75) is 38.5 Å². The Morgan fingerprint density at radius 3 is 2.38 bits per heavy atom. The van der Waals surface area contributed by atoms with E-state index in [1.165, 1.54) is 0 Å². The average molecular weight is 220 g/mol. The molecule has 0 rings (SSSR count). The molecule has 0 aliphatic rings. The van der Waals surface area contributed by atoms with Gasteiger partial charge in [-0.3, -0.25) is 0 Å². The van der Waals surface area contributed by atoms with E-state index in [1.54, 1.807) is 0 Å². The summed E-state index contributed by atoms with van der Waals surface area (Å²) in [4.78, 5) is 0. The fourth-order valence-electron chi connectivity index (χ4n) is 0.679. The highest BCUT2D eigenvalue weighted by atomic mass is 32.2. The summed E-state index contributed by atoms with van der Waals surface area (Å²) in [5.41, 5.74) is 0. The number of rotatable bonds is 4. The van der Waals surface area contributed by atoms with Gasteiger partial charge in [0.2, 0.25) is 0 Å². The molecule has 78 valence electrons. The maximum Gasteiger partial charge on any atom is 0.166 e. The predicted octanol–water partition coefficient (Wildman–Crippen LogP) is 2.00. The second-order valence-electron chi connectivity index (χ2n) is 3.95. The summed E-state index contributed by atoms with van der Waals surface area (Å²) < 4.78 is 0.239. The third kappa shape index (κ3) is 7.14. The molecule has 0 fully saturated rings. The van der Waals surface area contributed by atoms with Crippen molar-refractivity contribution in [3.05, 3.63) is 0 Å². The van der Waals surface area contributed by atoms with Gasteiger partial charge in [-0.05, 0) is 46.2 Å². The lowest BCUT2D eigenvalue weighted by Gasteiger charge is -2.24. The van der Waals surface area contributed by atoms with E-state index in [2.05, 4.69) is 44.6 Å². The minimum Gasteiger partial charge on any atom is -0.361 e. The maximum atomic E-state index is 5.11. The molecule has 0 spiro atoms. The first-order chi connectivity index (χ1) is 5.87. The Kier molecular flexibility index (Phi) is 5.72. The SMILES string of the molecule is CSC(C)(C)CNC(=S)NC(C)C. The molecule has 0 aromatic rings. The lowest BCUT2D eigenvalue weighted by Crippen LogP contribution is -2.44. The molecule has 2 N–H and O–H groups in total. The number of hydrogen-bond donors (Lipinski definition) is 2. The summed E-state index contributed by atoms with van der Waals surface area (Å²) in [6.45, 7) is 9.44. The Balaban J connectivity index is 3.70. The van der Waals surface area contributed by atoms with Gasteiger partial charge in [0.25, 0.3) is 0 Å². The monoisotopic (exact) mass is 220 g/mol. The van der Waals surface area contributed by atoms with Gasteiger partial charge in [-0.25, -0.2) is 0 Å². The highest BCUT2D eigenvalue weighted by molar-refractivity contribution is 7.99. The van der Waals surface area contributed by atoms with Gasteiger partial charge in [0.05, 0.1) is 0 Å². The molecule has 0 atom stereocenters. The standard InChI is InChI=1S/C9H20N2S2/c1-7(2)11-8(12)10-6-9(3,4)13-5/h7H,6H2,1-5H3,(H2,10,11,12). The van der Waals surface area contributed by atoms with Crippen LogP contribution in [0.15, 0.2) is 0 Å². The number of thiocarbonyl (C=S) groups is 1. The van der Waals surface area contributed by atoms with Crippen LogP contribution >= 0.6 is 24.0 Å². The third-order valence-electron chi connectivity index (χ3n) is 1.65. The Morgan fingerprint density at radius 2 is 2.00 bits per heavy atom. The van der Waals surface area contributed by atoms with Gasteiger partial charge in [-0.2, -0.15) is 11.8 Å². The third-order valence-corrected chi connectivity index (χ3v) is 3.16. The Morgan fingerprint density at radius 1 is 1.46 bits per heavy atom. The van der Waals surface area contributed by atoms with Gasteiger partial charge in [0.15, 0.2) is 5.11 Å². The molecule has 0 aromatic carbocycles. The van der Waals surface area contributed by atoms with Crippen LogP contribution in [0.5, 0.6) is 0 Å². The van der Waals surface area contributed by atoms with Gasteiger partial charge in [-0.15, -0.1) is 0 Å². The molecule has 0 saturated carbocycles. The van der Waals surface area contributed by atoms with Crippen LogP contribution in [-0.2, 0) is 0 Å². The zero-order valence-corrected chi connectivity index (χ0v) is 10.7. The van der Waals surface area contributed by atoms with Crippen LogP contribution in [0.25, 0.3) is 0 Å². The van der Waals surface area contributed by atoms with Crippen LogP contribution in [0.2, 0.25) is 0 Å². The normalized spacial score (nSPS) is 11.5. The first-order valence-electron chi connectivity index (χ1n) is 4.47. The van der Waals surface area contributed by atoms with Gasteiger partial charge >= 0.3 is 0 Å². The highest BCUT2D eigenvalue weighted by Crippen LogP contribution is 2.19. The summed E-state index contributed by atoms with van der Waals surface area (Å²) in [5.74, 6) is 0. The topological polar surface area (TPSA) is 24.1 Å². The van der Waals surface area contributed by atoms with Crippen LogP contribution in [0.3, 0.4) is 0 Å². The van der Waals surface area contributed by atoms with E-state index in [0.717, 1.165) is 11.7 Å². The molecule has 0 saturated heterocycles. The van der Waals surface area contributed by atoms with Crippen molar-refractivity contribution in [3.63, 3.8) is 0 Å². The molecule has 0 aliphatic heterocycles. The van der Waals surface area contributed by atoms with Crippen molar-refractivity contribution in [2.75, 3.05) is 12.8 Å². The molecular formula is C9H20N2S2. The van der Waals surface area contributed by atoms with Crippen LogP contribution < -0.4 is 10.6 Å². The fraction of sp³-hybridized carbons (Fsp3) is 0.889. The maximum absolute atomic E-state index is 5.11. The Bertz CT molecular complexity index is 167. The Labute approximate surface area is 91.2 Å². The van der Waals surface area contributed by atoms with Crippen molar-refractivity contribution in [3.8, 4) is 0 Å². The predicted molar refractivity (Wildman–Crippen MR) is 66.5 cm³/mol. The minimum atomic E-state index is 0.239. The lowest BCUT2D eigenvalue weighted by molar-refractivity contribution is 0.654. The summed E-state index contributed by atoms with van der Waals surface area (Å²) in [6.07, 6.45) is 2.11. The van der Waals surface area contributed by atoms with E-state index in [-0.39, 0.29) is 4.75 Å². The summed E-state index contributed by atoms with van der Waals surface area (Å²) in [7, 11) is 0. The van der Waals surface area contributed by atoms with Crippen molar-refractivity contribution in [1.29, 1.82) is 0 Å². The molecule has 2 nitrogen and oxygen atoms in total. The first-order valence-corrected chi connectivity index (χ1v) is 6.10. The van der Waals surface area contributed by atoms with Gasteiger partial charge in [0.1, 0.15) is 0 Å². The van der Waals surface area contributed by atoms with Crippen LogP contribution in [0.1, 0.15) is 27.7 Å². The van der Waals surface area contributed by atoms with E-state index >= 15 is 0 Å². The van der Waals surface area contributed by atoms with Crippen LogP contribution in [-0.4, -0.2) is 28.7 Å². The van der Waals surface area contributed by atoms with Crippen molar-refractivity contribution in [1.82, 2.24) is 10.6 Å². The smallest absolute Gasteiger partial charge is 0.166 e. The minimum absolute atomic E-state index is 0.239. The summed E-state index contributed by atoms with van der Waals surface area (Å²) in [6, 6.07) is 0.400. The van der Waals surface area contributed by atoms with E-state index in [4.69, 9.17) is 12.2 Å². The fourth-order valence-corrected chi connectivity index (χ4v) is 1.20. The zero-order valence-electron chi connectivity index (χ0n) is 9.10.